The van der Waals surface area contributed by atoms with E-state index in [2.05, 4.69) is 18.7 Å². The van der Waals surface area contributed by atoms with Crippen LogP contribution in [0.15, 0.2) is 0 Å². The number of thioether (sulfide) groups is 2. The van der Waals surface area contributed by atoms with Gasteiger partial charge in [0.2, 0.25) is 0 Å². The monoisotopic (exact) mass is 346 g/mol. The summed E-state index contributed by atoms with van der Waals surface area (Å²) in [5.74, 6) is 1.32. The molecule has 0 saturated carbocycles. The molecule has 0 aliphatic carbocycles. The van der Waals surface area contributed by atoms with Crippen molar-refractivity contribution in [3.63, 3.8) is 0 Å². The number of unbranched alkanes of at least 4 members (excludes halogenated alkanes) is 11. The lowest BCUT2D eigenvalue weighted by molar-refractivity contribution is 0.539. The SMILES string of the molecule is CCCCCCCCCCCCCCC1CSC(C=S)S1. The summed E-state index contributed by atoms with van der Waals surface area (Å²) in [5, 5.41) is 2.82. The molecule has 21 heavy (non-hydrogen) atoms. The van der Waals surface area contributed by atoms with E-state index in [9.17, 15) is 0 Å². The van der Waals surface area contributed by atoms with Crippen molar-refractivity contribution in [2.75, 3.05) is 5.75 Å². The van der Waals surface area contributed by atoms with Gasteiger partial charge in [0.05, 0.1) is 4.58 Å². The Morgan fingerprint density at radius 1 is 0.857 bits per heavy atom. The van der Waals surface area contributed by atoms with Crippen molar-refractivity contribution < 1.29 is 0 Å². The molecule has 3 heteroatoms. The molecule has 0 nitrogen and oxygen atoms in total. The van der Waals surface area contributed by atoms with Gasteiger partial charge in [-0.3, -0.25) is 0 Å². The minimum Gasteiger partial charge on any atom is -0.141 e. The van der Waals surface area contributed by atoms with Crippen molar-refractivity contribution in [2.45, 2.75) is 100 Å². The van der Waals surface area contributed by atoms with Crippen LogP contribution in [0.4, 0.5) is 0 Å². The van der Waals surface area contributed by atoms with Gasteiger partial charge in [-0.1, -0.05) is 96.2 Å². The van der Waals surface area contributed by atoms with Crippen LogP contribution in [0, 0.1) is 0 Å². The van der Waals surface area contributed by atoms with Crippen molar-refractivity contribution >= 4 is 41.1 Å². The zero-order chi connectivity index (χ0) is 15.2. The Balaban J connectivity index is 1.74. The molecule has 0 N–H and O–H groups in total. The molecule has 2 unspecified atom stereocenters. The lowest BCUT2D eigenvalue weighted by Crippen LogP contribution is -2.01. The summed E-state index contributed by atoms with van der Waals surface area (Å²) < 4.78 is 0.599. The highest BCUT2D eigenvalue weighted by atomic mass is 32.2. The lowest BCUT2D eigenvalue weighted by Gasteiger charge is -2.07. The summed E-state index contributed by atoms with van der Waals surface area (Å²) in [7, 11) is 0. The van der Waals surface area contributed by atoms with Gasteiger partial charge < -0.3 is 0 Å². The summed E-state index contributed by atoms with van der Waals surface area (Å²) in [6.45, 7) is 2.29. The standard InChI is InChI=1S/C18H34S3/c1-2-3-4-5-6-7-8-9-10-11-12-13-14-17-16-20-18(15-19)21-17/h15,17-18H,2-14,16H2,1H3. The molecule has 0 aromatic heterocycles. The molecule has 0 aromatic rings. The van der Waals surface area contributed by atoms with E-state index in [0.29, 0.717) is 4.58 Å². The Morgan fingerprint density at radius 2 is 1.38 bits per heavy atom. The molecular formula is C18H34S3. The summed E-state index contributed by atoms with van der Waals surface area (Å²) in [6, 6.07) is 0. The normalized spacial score (nSPS) is 21.8. The molecule has 1 aliphatic rings. The average molecular weight is 347 g/mol. The van der Waals surface area contributed by atoms with E-state index in [4.69, 9.17) is 12.2 Å². The van der Waals surface area contributed by atoms with Gasteiger partial charge in [-0.05, 0) is 6.42 Å². The van der Waals surface area contributed by atoms with E-state index in [-0.39, 0.29) is 0 Å². The maximum absolute atomic E-state index is 5.03. The predicted octanol–water partition coefficient (Wildman–Crippen LogP) is 7.25. The second kappa shape index (κ2) is 14.4. The predicted molar refractivity (Wildman–Crippen MR) is 107 cm³/mol. The molecule has 1 heterocycles. The van der Waals surface area contributed by atoms with E-state index in [1.807, 2.05) is 17.1 Å². The molecule has 0 amide bonds. The van der Waals surface area contributed by atoms with Crippen LogP contribution in [-0.4, -0.2) is 21.0 Å². The Hall–Kier alpha value is 0.790. The third-order valence-electron chi connectivity index (χ3n) is 4.26. The van der Waals surface area contributed by atoms with Crippen LogP contribution < -0.4 is 0 Å². The first kappa shape index (κ1) is 19.8. The Bertz CT molecular complexity index is 243. The van der Waals surface area contributed by atoms with Gasteiger partial charge in [-0.25, -0.2) is 0 Å². The summed E-state index contributed by atoms with van der Waals surface area (Å²) in [4.78, 5) is 0. The Labute approximate surface area is 147 Å². The van der Waals surface area contributed by atoms with E-state index in [1.165, 1.54) is 89.2 Å². The molecule has 2 atom stereocenters. The van der Waals surface area contributed by atoms with Crippen molar-refractivity contribution in [1.82, 2.24) is 0 Å². The highest BCUT2D eigenvalue weighted by molar-refractivity contribution is 8.22. The Morgan fingerprint density at radius 3 is 1.86 bits per heavy atom. The largest absolute Gasteiger partial charge is 0.141 e. The fourth-order valence-electron chi connectivity index (χ4n) is 2.91. The van der Waals surface area contributed by atoms with E-state index in [0.717, 1.165) is 5.25 Å². The maximum atomic E-state index is 5.03. The highest BCUT2D eigenvalue weighted by Crippen LogP contribution is 2.39. The van der Waals surface area contributed by atoms with Gasteiger partial charge in [0, 0.05) is 16.4 Å². The summed E-state index contributed by atoms with van der Waals surface area (Å²) >= 11 is 9.17. The topological polar surface area (TPSA) is 0 Å². The Kier molecular flexibility index (Phi) is 13.6. The highest BCUT2D eigenvalue weighted by Gasteiger charge is 2.23. The molecule has 1 saturated heterocycles. The fourth-order valence-corrected chi connectivity index (χ4v) is 6.30. The molecule has 0 bridgehead atoms. The van der Waals surface area contributed by atoms with E-state index < -0.39 is 0 Å². The van der Waals surface area contributed by atoms with Gasteiger partial charge in [0.1, 0.15) is 0 Å². The first-order valence-corrected chi connectivity index (χ1v) is 11.6. The minimum absolute atomic E-state index is 0.599. The molecule has 0 aromatic carbocycles. The molecule has 0 spiro atoms. The maximum Gasteiger partial charge on any atom is 0.0787 e. The second-order valence-electron chi connectivity index (χ2n) is 6.27. The number of thiocarbonyl (C=S) groups is 1. The van der Waals surface area contributed by atoms with Gasteiger partial charge >= 0.3 is 0 Å². The lowest BCUT2D eigenvalue weighted by atomic mass is 10.0. The van der Waals surface area contributed by atoms with Crippen molar-refractivity contribution in [2.24, 2.45) is 0 Å². The summed E-state index contributed by atoms with van der Waals surface area (Å²) in [6.07, 6.45) is 18.8. The fraction of sp³-hybridized carbons (Fsp3) is 0.944. The number of hydrogen-bond donors (Lipinski definition) is 0. The van der Waals surface area contributed by atoms with Crippen LogP contribution >= 0.6 is 35.7 Å². The quantitative estimate of drug-likeness (QED) is 0.240. The molecule has 1 aliphatic heterocycles. The van der Waals surface area contributed by atoms with Gasteiger partial charge in [-0.15, -0.1) is 23.5 Å². The third kappa shape index (κ3) is 11.0. The van der Waals surface area contributed by atoms with Gasteiger partial charge in [-0.2, -0.15) is 0 Å². The van der Waals surface area contributed by atoms with Crippen LogP contribution in [0.25, 0.3) is 0 Å². The molecule has 1 fully saturated rings. The first-order valence-electron chi connectivity index (χ1n) is 9.09. The van der Waals surface area contributed by atoms with Crippen LogP contribution in [0.2, 0.25) is 0 Å². The van der Waals surface area contributed by atoms with Gasteiger partial charge in [0.25, 0.3) is 0 Å². The van der Waals surface area contributed by atoms with Crippen molar-refractivity contribution in [1.29, 1.82) is 0 Å². The zero-order valence-corrected chi connectivity index (χ0v) is 16.3. The van der Waals surface area contributed by atoms with E-state index >= 15 is 0 Å². The van der Waals surface area contributed by atoms with Crippen LogP contribution in [-0.2, 0) is 0 Å². The van der Waals surface area contributed by atoms with Crippen LogP contribution in [0.5, 0.6) is 0 Å². The molecule has 0 radical (unpaired) electrons. The molecule has 1 rings (SSSR count). The van der Waals surface area contributed by atoms with Crippen molar-refractivity contribution in [3.05, 3.63) is 0 Å². The van der Waals surface area contributed by atoms with Crippen LogP contribution in [0.1, 0.15) is 90.4 Å². The van der Waals surface area contributed by atoms with Crippen LogP contribution in [0.3, 0.4) is 0 Å². The second-order valence-corrected chi connectivity index (χ2v) is 9.47. The van der Waals surface area contributed by atoms with Crippen molar-refractivity contribution in [3.8, 4) is 0 Å². The third-order valence-corrected chi connectivity index (χ3v) is 8.08. The smallest absolute Gasteiger partial charge is 0.0787 e. The molecular weight excluding hydrogens is 312 g/mol. The van der Waals surface area contributed by atoms with Gasteiger partial charge in [0.15, 0.2) is 0 Å². The number of hydrogen-bond acceptors (Lipinski definition) is 3. The number of rotatable bonds is 14. The summed E-state index contributed by atoms with van der Waals surface area (Å²) in [5.41, 5.74) is 0. The van der Waals surface area contributed by atoms with E-state index in [1.54, 1.807) is 0 Å². The average Bonchev–Trinajstić information content (AvgIpc) is 2.96. The molecule has 124 valence electrons. The minimum atomic E-state index is 0.599. The first-order chi connectivity index (χ1) is 10.4. The zero-order valence-electron chi connectivity index (χ0n) is 13.9.